The van der Waals surface area contributed by atoms with E-state index >= 15 is 0 Å². The molecular weight excluding hydrogens is 314 g/mol. The number of nitrogens with one attached hydrogen (secondary N) is 1. The van der Waals surface area contributed by atoms with Crippen LogP contribution in [0.5, 0.6) is 0 Å². The van der Waals surface area contributed by atoms with Crippen molar-refractivity contribution in [2.24, 2.45) is 0 Å². The van der Waals surface area contributed by atoms with Gasteiger partial charge in [0.15, 0.2) is 0 Å². The maximum atomic E-state index is 12.1. The summed E-state index contributed by atoms with van der Waals surface area (Å²) in [6, 6.07) is 9.08. The normalized spacial score (nSPS) is 11.0. The predicted octanol–water partition coefficient (Wildman–Crippen LogP) is 3.64. The van der Waals surface area contributed by atoms with Crippen LogP contribution in [0.25, 0.3) is 21.7 Å². The fourth-order valence-corrected chi connectivity index (χ4v) is 2.83. The van der Waals surface area contributed by atoms with E-state index in [1.54, 1.807) is 24.4 Å². The molecule has 0 saturated carbocycles. The Morgan fingerprint density at radius 1 is 1.35 bits per heavy atom. The lowest BCUT2D eigenvalue weighted by Gasteiger charge is -2.02. The van der Waals surface area contributed by atoms with Gasteiger partial charge in [-0.3, -0.25) is 5.10 Å². The number of aromatic nitrogens is 3. The van der Waals surface area contributed by atoms with Crippen LogP contribution in [0, 0.1) is 0 Å². The number of oxazole rings is 1. The minimum absolute atomic E-state index is 0.0666. The van der Waals surface area contributed by atoms with Crippen LogP contribution in [-0.4, -0.2) is 21.2 Å². The number of H-pyrrole nitrogens is 1. The van der Waals surface area contributed by atoms with Crippen molar-refractivity contribution in [2.45, 2.75) is 6.61 Å². The molecule has 1 aromatic carbocycles. The molecule has 0 spiro atoms. The first-order chi connectivity index (χ1) is 11.3. The minimum Gasteiger partial charge on any atom is -0.455 e. The average molecular weight is 325 g/mol. The smallest absolute Gasteiger partial charge is 0.338 e. The Morgan fingerprint density at radius 3 is 3.17 bits per heavy atom. The molecule has 0 fully saturated rings. The topological polar surface area (TPSA) is 81.0 Å². The number of nitrogens with zero attached hydrogens (tertiary/aromatic N) is 2. The van der Waals surface area contributed by atoms with E-state index in [2.05, 4.69) is 15.2 Å². The number of thiophene rings is 1. The molecule has 0 bridgehead atoms. The third-order valence-electron chi connectivity index (χ3n) is 3.31. The van der Waals surface area contributed by atoms with Crippen LogP contribution >= 0.6 is 11.3 Å². The lowest BCUT2D eigenvalue weighted by molar-refractivity contribution is 0.0468. The molecule has 0 aliphatic heterocycles. The molecule has 114 valence electrons. The van der Waals surface area contributed by atoms with E-state index in [-0.39, 0.29) is 6.61 Å². The Morgan fingerprint density at radius 2 is 2.30 bits per heavy atom. The van der Waals surface area contributed by atoms with E-state index in [1.807, 2.05) is 17.5 Å². The molecule has 3 heterocycles. The molecule has 0 atom stereocenters. The van der Waals surface area contributed by atoms with Gasteiger partial charge in [-0.25, -0.2) is 9.78 Å². The van der Waals surface area contributed by atoms with Crippen molar-refractivity contribution < 1.29 is 13.9 Å². The largest absolute Gasteiger partial charge is 0.455 e. The first-order valence-corrected chi connectivity index (χ1v) is 7.76. The van der Waals surface area contributed by atoms with Crippen molar-refractivity contribution in [3.8, 4) is 10.8 Å². The van der Waals surface area contributed by atoms with E-state index in [1.165, 1.54) is 17.6 Å². The van der Waals surface area contributed by atoms with Gasteiger partial charge in [0.2, 0.25) is 5.89 Å². The van der Waals surface area contributed by atoms with E-state index in [9.17, 15) is 4.79 Å². The van der Waals surface area contributed by atoms with Gasteiger partial charge in [-0.15, -0.1) is 11.3 Å². The Bertz CT molecular complexity index is 956. The molecule has 0 saturated heterocycles. The second-order valence-corrected chi connectivity index (χ2v) is 5.82. The molecule has 4 aromatic rings. The zero-order valence-electron chi connectivity index (χ0n) is 11.9. The summed E-state index contributed by atoms with van der Waals surface area (Å²) in [4.78, 5) is 17.4. The molecule has 0 radical (unpaired) electrons. The molecule has 3 aromatic heterocycles. The Kier molecular flexibility index (Phi) is 3.39. The molecule has 0 amide bonds. The van der Waals surface area contributed by atoms with Crippen LogP contribution in [0.3, 0.4) is 0 Å². The molecule has 4 rings (SSSR count). The van der Waals surface area contributed by atoms with E-state index in [0.717, 1.165) is 15.8 Å². The molecule has 0 unspecified atom stereocenters. The third kappa shape index (κ3) is 2.74. The van der Waals surface area contributed by atoms with Gasteiger partial charge >= 0.3 is 5.97 Å². The van der Waals surface area contributed by atoms with Crippen LogP contribution in [0.15, 0.2) is 52.6 Å². The van der Waals surface area contributed by atoms with Crippen molar-refractivity contribution in [1.29, 1.82) is 0 Å². The number of rotatable bonds is 4. The number of carbonyl (C=O) groups excluding carboxylic acids is 1. The number of hydrogen-bond acceptors (Lipinski definition) is 6. The molecule has 0 aliphatic rings. The Balaban J connectivity index is 1.45. The van der Waals surface area contributed by atoms with Crippen LogP contribution in [0.1, 0.15) is 16.1 Å². The van der Waals surface area contributed by atoms with Crippen LogP contribution in [0.4, 0.5) is 0 Å². The molecule has 0 aliphatic carbocycles. The highest BCUT2D eigenvalue weighted by Gasteiger charge is 2.12. The van der Waals surface area contributed by atoms with Gasteiger partial charge in [-0.2, -0.15) is 5.10 Å². The monoisotopic (exact) mass is 325 g/mol. The number of aromatic amines is 1. The van der Waals surface area contributed by atoms with Gasteiger partial charge < -0.3 is 9.15 Å². The highest BCUT2D eigenvalue weighted by atomic mass is 32.1. The Labute approximate surface area is 134 Å². The van der Waals surface area contributed by atoms with E-state index < -0.39 is 5.97 Å². The van der Waals surface area contributed by atoms with Gasteiger partial charge in [0, 0.05) is 5.39 Å². The molecule has 6 nitrogen and oxygen atoms in total. The quantitative estimate of drug-likeness (QED) is 0.579. The first kappa shape index (κ1) is 13.7. The molecule has 23 heavy (non-hydrogen) atoms. The summed E-state index contributed by atoms with van der Waals surface area (Å²) < 4.78 is 10.7. The van der Waals surface area contributed by atoms with Crippen LogP contribution < -0.4 is 0 Å². The van der Waals surface area contributed by atoms with Crippen molar-refractivity contribution >= 4 is 28.2 Å². The summed E-state index contributed by atoms with van der Waals surface area (Å²) >= 11 is 1.54. The van der Waals surface area contributed by atoms with Crippen LogP contribution in [-0.2, 0) is 11.3 Å². The highest BCUT2D eigenvalue weighted by molar-refractivity contribution is 7.13. The number of fused-ring (bicyclic) bond motifs is 1. The zero-order valence-corrected chi connectivity index (χ0v) is 12.7. The number of esters is 1. The lowest BCUT2D eigenvalue weighted by Crippen LogP contribution is -2.05. The fraction of sp³-hybridized carbons (Fsp3) is 0.0625. The van der Waals surface area contributed by atoms with Crippen molar-refractivity contribution in [2.75, 3.05) is 0 Å². The third-order valence-corrected chi connectivity index (χ3v) is 4.17. The van der Waals surface area contributed by atoms with Crippen molar-refractivity contribution in [3.05, 3.63) is 59.4 Å². The predicted molar refractivity (Wildman–Crippen MR) is 85.0 cm³/mol. The van der Waals surface area contributed by atoms with Crippen molar-refractivity contribution in [3.63, 3.8) is 0 Å². The van der Waals surface area contributed by atoms with E-state index in [4.69, 9.17) is 9.15 Å². The standard InChI is InChI=1S/C16H11N3O3S/c20-16(10-3-4-13-11(6-10)7-17-19-13)22-9-12-8-21-15(18-12)14-2-1-5-23-14/h1-8H,9H2,(H,17,19). The van der Waals surface area contributed by atoms with Gasteiger partial charge in [-0.1, -0.05) is 6.07 Å². The number of ether oxygens (including phenoxy) is 1. The van der Waals surface area contributed by atoms with Gasteiger partial charge in [0.05, 0.1) is 22.2 Å². The first-order valence-electron chi connectivity index (χ1n) is 6.88. The average Bonchev–Trinajstić information content (AvgIpc) is 3.32. The van der Waals surface area contributed by atoms with Crippen molar-refractivity contribution in [1.82, 2.24) is 15.2 Å². The molecule has 1 N–H and O–H groups in total. The minimum atomic E-state index is -0.409. The van der Waals surface area contributed by atoms with Gasteiger partial charge in [0.1, 0.15) is 18.6 Å². The second-order valence-electron chi connectivity index (χ2n) is 4.87. The summed E-state index contributed by atoms with van der Waals surface area (Å²) in [6.45, 7) is 0.0666. The lowest BCUT2D eigenvalue weighted by atomic mass is 10.2. The van der Waals surface area contributed by atoms with Crippen LogP contribution in [0.2, 0.25) is 0 Å². The van der Waals surface area contributed by atoms with Gasteiger partial charge in [-0.05, 0) is 29.6 Å². The number of hydrogen-bond donors (Lipinski definition) is 1. The molecule has 7 heteroatoms. The number of benzene rings is 1. The summed E-state index contributed by atoms with van der Waals surface area (Å²) in [5.74, 6) is 0.125. The summed E-state index contributed by atoms with van der Waals surface area (Å²) in [5, 5.41) is 9.57. The zero-order chi connectivity index (χ0) is 15.6. The maximum absolute atomic E-state index is 12.1. The highest BCUT2D eigenvalue weighted by Crippen LogP contribution is 2.24. The number of carbonyl (C=O) groups is 1. The Hall–Kier alpha value is -2.93. The SMILES string of the molecule is O=C(OCc1coc(-c2cccs2)n1)c1ccc2[nH]ncc2c1. The van der Waals surface area contributed by atoms with E-state index in [0.29, 0.717) is 17.1 Å². The fourth-order valence-electron chi connectivity index (χ4n) is 2.18. The molecular formula is C16H11N3O3S. The summed E-state index contributed by atoms with van der Waals surface area (Å²) in [7, 11) is 0. The van der Waals surface area contributed by atoms with Gasteiger partial charge in [0.25, 0.3) is 0 Å². The maximum Gasteiger partial charge on any atom is 0.338 e. The summed E-state index contributed by atoms with van der Waals surface area (Å²) in [5.41, 5.74) is 1.92. The summed E-state index contributed by atoms with van der Waals surface area (Å²) in [6.07, 6.45) is 3.17. The second kappa shape index (κ2) is 5.69.